The van der Waals surface area contributed by atoms with E-state index in [2.05, 4.69) is 9.97 Å². The van der Waals surface area contributed by atoms with Crippen LogP contribution in [0.15, 0.2) is 30.3 Å². The Kier molecular flexibility index (Phi) is 5.38. The Bertz CT molecular complexity index is 729. The van der Waals surface area contributed by atoms with Gasteiger partial charge in [-0.3, -0.25) is 4.79 Å². The summed E-state index contributed by atoms with van der Waals surface area (Å²) in [5.41, 5.74) is 2.67. The van der Waals surface area contributed by atoms with Crippen LogP contribution in [0.3, 0.4) is 0 Å². The molecule has 0 aliphatic carbocycles. The highest BCUT2D eigenvalue weighted by molar-refractivity contribution is 5.76. The lowest BCUT2D eigenvalue weighted by molar-refractivity contribution is -0.139. The third-order valence-electron chi connectivity index (χ3n) is 4.28. The molecule has 1 aliphatic heterocycles. The Morgan fingerprint density at radius 1 is 1.28 bits per heavy atom. The molecule has 132 valence electrons. The monoisotopic (exact) mass is 343 g/mol. The molecule has 2 aromatic rings. The van der Waals surface area contributed by atoms with Crippen LogP contribution in [0.2, 0.25) is 0 Å². The number of carbonyl (C=O) groups is 1. The van der Waals surface area contributed by atoms with Crippen LogP contribution in [0.1, 0.15) is 35.3 Å². The number of aryl methyl sites for hydroxylation is 3. The summed E-state index contributed by atoms with van der Waals surface area (Å²) < 4.78 is 18.7. The van der Waals surface area contributed by atoms with Gasteiger partial charge in [-0.25, -0.2) is 14.4 Å². The highest BCUT2D eigenvalue weighted by atomic mass is 19.1. The molecule has 1 aromatic heterocycles. The first-order valence-electron chi connectivity index (χ1n) is 8.47. The van der Waals surface area contributed by atoms with E-state index in [-0.39, 0.29) is 17.8 Å². The van der Waals surface area contributed by atoms with Gasteiger partial charge in [-0.2, -0.15) is 0 Å². The second kappa shape index (κ2) is 7.70. The fraction of sp³-hybridized carbons (Fsp3) is 0.421. The topological polar surface area (TPSA) is 55.3 Å². The highest BCUT2D eigenvalue weighted by Gasteiger charge is 2.26. The van der Waals surface area contributed by atoms with Gasteiger partial charge in [0.1, 0.15) is 17.7 Å². The summed E-state index contributed by atoms with van der Waals surface area (Å²) in [7, 11) is 0. The van der Waals surface area contributed by atoms with Crippen LogP contribution in [0.25, 0.3) is 0 Å². The number of rotatable bonds is 4. The molecule has 1 atom stereocenters. The molecule has 3 rings (SSSR count). The van der Waals surface area contributed by atoms with Gasteiger partial charge in [-0.15, -0.1) is 0 Å². The number of benzene rings is 1. The van der Waals surface area contributed by atoms with E-state index in [1.54, 1.807) is 12.1 Å². The minimum absolute atomic E-state index is 0.0834. The van der Waals surface area contributed by atoms with Crippen LogP contribution in [0, 0.1) is 19.7 Å². The number of aromatic nitrogens is 2. The van der Waals surface area contributed by atoms with Gasteiger partial charge < -0.3 is 9.64 Å². The van der Waals surface area contributed by atoms with Crippen LogP contribution in [-0.2, 0) is 16.0 Å². The van der Waals surface area contributed by atoms with Crippen LogP contribution >= 0.6 is 0 Å². The molecule has 1 saturated heterocycles. The van der Waals surface area contributed by atoms with Crippen molar-refractivity contribution in [2.24, 2.45) is 0 Å². The summed E-state index contributed by atoms with van der Waals surface area (Å²) in [5.74, 6) is 0.528. The summed E-state index contributed by atoms with van der Waals surface area (Å²) in [4.78, 5) is 23.1. The van der Waals surface area contributed by atoms with Crippen molar-refractivity contribution in [2.75, 3.05) is 19.7 Å². The van der Waals surface area contributed by atoms with E-state index in [1.165, 1.54) is 12.1 Å². The Morgan fingerprint density at radius 2 is 2.04 bits per heavy atom. The molecule has 1 unspecified atom stereocenters. The molecule has 5 nitrogen and oxygen atoms in total. The van der Waals surface area contributed by atoms with Crippen molar-refractivity contribution in [3.05, 3.63) is 58.9 Å². The normalized spacial score (nSPS) is 17.6. The third kappa shape index (κ3) is 4.60. The van der Waals surface area contributed by atoms with Gasteiger partial charge in [-0.1, -0.05) is 12.1 Å². The molecule has 0 radical (unpaired) electrons. The Labute approximate surface area is 146 Å². The zero-order valence-corrected chi connectivity index (χ0v) is 14.5. The van der Waals surface area contributed by atoms with E-state index in [9.17, 15) is 9.18 Å². The molecule has 0 N–H and O–H groups in total. The predicted molar refractivity (Wildman–Crippen MR) is 91.5 cm³/mol. The van der Waals surface area contributed by atoms with Crippen molar-refractivity contribution in [1.29, 1.82) is 0 Å². The molecule has 0 spiro atoms. The predicted octanol–water partition coefficient (Wildman–Crippen LogP) is 2.77. The van der Waals surface area contributed by atoms with E-state index in [0.717, 1.165) is 17.0 Å². The van der Waals surface area contributed by atoms with E-state index in [1.807, 2.05) is 24.8 Å². The minimum atomic E-state index is -0.262. The molecule has 0 saturated carbocycles. The fourth-order valence-corrected chi connectivity index (χ4v) is 3.03. The standard InChI is InChI=1S/C19H22FN3O2/c1-13-11-17(22-14(2)21-13)18-12-23(9-10-25-18)19(24)8-5-15-3-6-16(20)7-4-15/h3-4,6-7,11,18H,5,8-10,12H2,1-2H3. The quantitative estimate of drug-likeness (QED) is 0.857. The van der Waals surface area contributed by atoms with Gasteiger partial charge >= 0.3 is 0 Å². The van der Waals surface area contributed by atoms with Crippen LogP contribution in [0.5, 0.6) is 0 Å². The lowest BCUT2D eigenvalue weighted by Gasteiger charge is -2.33. The molecule has 1 fully saturated rings. The largest absolute Gasteiger partial charge is 0.368 e. The summed E-state index contributed by atoms with van der Waals surface area (Å²) in [6.07, 6.45) is 0.788. The maximum absolute atomic E-state index is 12.9. The van der Waals surface area contributed by atoms with Crippen molar-refractivity contribution < 1.29 is 13.9 Å². The van der Waals surface area contributed by atoms with Crippen molar-refractivity contribution in [2.45, 2.75) is 32.8 Å². The number of morpholine rings is 1. The average molecular weight is 343 g/mol. The molecule has 1 aliphatic rings. The first-order chi connectivity index (χ1) is 12.0. The summed E-state index contributed by atoms with van der Waals surface area (Å²) in [6, 6.07) is 8.19. The van der Waals surface area contributed by atoms with E-state index >= 15 is 0 Å². The minimum Gasteiger partial charge on any atom is -0.368 e. The first-order valence-corrected chi connectivity index (χ1v) is 8.47. The zero-order valence-electron chi connectivity index (χ0n) is 14.5. The second-order valence-electron chi connectivity index (χ2n) is 6.31. The Morgan fingerprint density at radius 3 is 2.76 bits per heavy atom. The molecular formula is C19H22FN3O2. The fourth-order valence-electron chi connectivity index (χ4n) is 3.03. The number of hydrogen-bond acceptors (Lipinski definition) is 4. The summed E-state index contributed by atoms with van der Waals surface area (Å²) in [6.45, 7) is 5.35. The first kappa shape index (κ1) is 17.5. The smallest absolute Gasteiger partial charge is 0.223 e. The third-order valence-corrected chi connectivity index (χ3v) is 4.28. The average Bonchev–Trinajstić information content (AvgIpc) is 2.60. The van der Waals surface area contributed by atoms with Crippen LogP contribution in [0.4, 0.5) is 4.39 Å². The molecule has 6 heteroatoms. The molecule has 0 bridgehead atoms. The lowest BCUT2D eigenvalue weighted by atomic mass is 10.1. The highest BCUT2D eigenvalue weighted by Crippen LogP contribution is 2.22. The zero-order chi connectivity index (χ0) is 17.8. The number of nitrogens with zero attached hydrogens (tertiary/aromatic N) is 3. The SMILES string of the molecule is Cc1cc(C2CN(C(=O)CCc3ccc(F)cc3)CCO2)nc(C)n1. The number of ether oxygens (including phenoxy) is 1. The van der Waals surface area contributed by atoms with Gasteiger partial charge in [0.25, 0.3) is 0 Å². The second-order valence-corrected chi connectivity index (χ2v) is 6.31. The number of halogens is 1. The maximum Gasteiger partial charge on any atom is 0.223 e. The van der Waals surface area contributed by atoms with Crippen LogP contribution < -0.4 is 0 Å². The van der Waals surface area contributed by atoms with Gasteiger partial charge in [0, 0.05) is 18.7 Å². The van der Waals surface area contributed by atoms with Crippen LogP contribution in [-0.4, -0.2) is 40.5 Å². The summed E-state index contributed by atoms with van der Waals surface area (Å²) in [5, 5.41) is 0. The van der Waals surface area contributed by atoms with Crippen molar-refractivity contribution >= 4 is 5.91 Å². The number of carbonyl (C=O) groups excluding carboxylic acids is 1. The van der Waals surface area contributed by atoms with E-state index in [4.69, 9.17) is 4.74 Å². The molecule has 1 aromatic carbocycles. The van der Waals surface area contributed by atoms with Gasteiger partial charge in [0.2, 0.25) is 5.91 Å². The van der Waals surface area contributed by atoms with Crippen molar-refractivity contribution in [3.8, 4) is 0 Å². The van der Waals surface area contributed by atoms with Crippen molar-refractivity contribution in [1.82, 2.24) is 14.9 Å². The Balaban J connectivity index is 1.60. The maximum atomic E-state index is 12.9. The lowest BCUT2D eigenvalue weighted by Crippen LogP contribution is -2.42. The van der Waals surface area contributed by atoms with Gasteiger partial charge in [0.05, 0.1) is 18.8 Å². The molecular weight excluding hydrogens is 321 g/mol. The number of amides is 1. The van der Waals surface area contributed by atoms with Crippen molar-refractivity contribution in [3.63, 3.8) is 0 Å². The van der Waals surface area contributed by atoms with Gasteiger partial charge in [0.15, 0.2) is 0 Å². The molecule has 1 amide bonds. The number of hydrogen-bond donors (Lipinski definition) is 0. The Hall–Kier alpha value is -2.34. The van der Waals surface area contributed by atoms with E-state index in [0.29, 0.717) is 38.4 Å². The molecule has 25 heavy (non-hydrogen) atoms. The molecule has 2 heterocycles. The van der Waals surface area contributed by atoms with E-state index < -0.39 is 0 Å². The summed E-state index contributed by atoms with van der Waals surface area (Å²) >= 11 is 0. The van der Waals surface area contributed by atoms with Gasteiger partial charge in [-0.05, 0) is 44.0 Å².